The van der Waals surface area contributed by atoms with E-state index in [0.717, 1.165) is 19.3 Å². The van der Waals surface area contributed by atoms with Gasteiger partial charge in [0.2, 0.25) is 5.91 Å². The van der Waals surface area contributed by atoms with Crippen molar-refractivity contribution in [3.8, 4) is 0 Å². The van der Waals surface area contributed by atoms with Gasteiger partial charge in [0.05, 0.1) is 0 Å². The van der Waals surface area contributed by atoms with Crippen LogP contribution in [0.2, 0.25) is 0 Å². The van der Waals surface area contributed by atoms with Crippen molar-refractivity contribution in [1.29, 1.82) is 0 Å². The number of guanidine groups is 1. The van der Waals surface area contributed by atoms with Crippen molar-refractivity contribution in [2.24, 2.45) is 4.99 Å². The van der Waals surface area contributed by atoms with Gasteiger partial charge in [0.15, 0.2) is 5.96 Å². The first kappa shape index (κ1) is 26.7. The van der Waals surface area contributed by atoms with Crippen molar-refractivity contribution in [1.82, 2.24) is 21.3 Å². The maximum Gasteiger partial charge on any atom is 0.407 e. The van der Waals surface area contributed by atoms with Crippen LogP contribution in [0.25, 0.3) is 0 Å². The van der Waals surface area contributed by atoms with E-state index in [-0.39, 0.29) is 36.4 Å². The number of carbonyl (C=O) groups excluding carboxylic acids is 2. The molecule has 1 aliphatic rings. The fraction of sp³-hybridized carbons (Fsp3) is 0.842. The van der Waals surface area contributed by atoms with Crippen LogP contribution in [0.4, 0.5) is 4.79 Å². The zero-order valence-electron chi connectivity index (χ0n) is 17.7. The van der Waals surface area contributed by atoms with E-state index in [2.05, 4.69) is 26.3 Å². The highest BCUT2D eigenvalue weighted by molar-refractivity contribution is 14.0. The van der Waals surface area contributed by atoms with E-state index in [9.17, 15) is 9.59 Å². The van der Waals surface area contributed by atoms with E-state index in [1.807, 2.05) is 27.7 Å². The third-order valence-corrected chi connectivity index (χ3v) is 4.01. The van der Waals surface area contributed by atoms with E-state index >= 15 is 0 Å². The van der Waals surface area contributed by atoms with Crippen LogP contribution in [0.15, 0.2) is 4.99 Å². The highest BCUT2D eigenvalue weighted by atomic mass is 127. The molecular formula is C19H38IN5O3. The molecule has 0 aliphatic heterocycles. The van der Waals surface area contributed by atoms with Crippen molar-refractivity contribution >= 4 is 41.9 Å². The number of halogens is 1. The summed E-state index contributed by atoms with van der Waals surface area (Å²) in [7, 11) is 0. The van der Waals surface area contributed by atoms with Gasteiger partial charge in [0.25, 0.3) is 0 Å². The third kappa shape index (κ3) is 13.8. The van der Waals surface area contributed by atoms with Crippen LogP contribution < -0.4 is 21.3 Å². The minimum absolute atomic E-state index is 0. The molecule has 164 valence electrons. The second-order valence-corrected chi connectivity index (χ2v) is 7.81. The summed E-state index contributed by atoms with van der Waals surface area (Å²) in [6.45, 7) is 9.43. The van der Waals surface area contributed by atoms with E-state index in [1.165, 1.54) is 19.3 Å². The van der Waals surface area contributed by atoms with Gasteiger partial charge in [-0.2, -0.15) is 0 Å². The van der Waals surface area contributed by atoms with Crippen LogP contribution in [0, 0.1) is 0 Å². The number of nitrogens with zero attached hydrogens (tertiary/aromatic N) is 1. The lowest BCUT2D eigenvalue weighted by atomic mass is 9.95. The Labute approximate surface area is 186 Å². The number of hydrogen-bond donors (Lipinski definition) is 4. The number of amides is 2. The number of nitrogens with one attached hydrogen (secondary N) is 4. The molecule has 0 aromatic heterocycles. The highest BCUT2D eigenvalue weighted by Crippen LogP contribution is 2.17. The smallest absolute Gasteiger partial charge is 0.407 e. The zero-order chi connectivity index (χ0) is 20.1. The summed E-state index contributed by atoms with van der Waals surface area (Å²) < 4.78 is 5.18. The van der Waals surface area contributed by atoms with E-state index in [0.29, 0.717) is 31.6 Å². The molecule has 0 atom stereocenters. The second kappa shape index (κ2) is 14.7. The number of rotatable bonds is 8. The van der Waals surface area contributed by atoms with Gasteiger partial charge in [-0.15, -0.1) is 24.0 Å². The maximum absolute atomic E-state index is 12.1. The zero-order valence-corrected chi connectivity index (χ0v) is 20.1. The molecule has 0 heterocycles. The predicted octanol–water partition coefficient (Wildman–Crippen LogP) is 2.52. The molecule has 28 heavy (non-hydrogen) atoms. The summed E-state index contributed by atoms with van der Waals surface area (Å²) in [4.78, 5) is 27.9. The Balaban J connectivity index is 0.00000729. The van der Waals surface area contributed by atoms with Gasteiger partial charge < -0.3 is 26.0 Å². The Morgan fingerprint density at radius 1 is 1.04 bits per heavy atom. The molecule has 0 spiro atoms. The van der Waals surface area contributed by atoms with E-state index in [4.69, 9.17) is 4.74 Å². The first-order valence-corrected chi connectivity index (χ1v) is 10.1. The summed E-state index contributed by atoms with van der Waals surface area (Å²) in [5.74, 6) is 0.569. The minimum Gasteiger partial charge on any atom is -0.444 e. The van der Waals surface area contributed by atoms with Gasteiger partial charge in [0, 0.05) is 25.7 Å². The van der Waals surface area contributed by atoms with Crippen LogP contribution in [0.3, 0.4) is 0 Å². The quantitative estimate of drug-likeness (QED) is 0.174. The molecule has 0 aromatic carbocycles. The van der Waals surface area contributed by atoms with Crippen molar-refractivity contribution in [3.63, 3.8) is 0 Å². The van der Waals surface area contributed by atoms with Gasteiger partial charge in [-0.1, -0.05) is 19.3 Å². The van der Waals surface area contributed by atoms with Crippen LogP contribution >= 0.6 is 24.0 Å². The summed E-state index contributed by atoms with van der Waals surface area (Å²) >= 11 is 0. The SMILES string of the molecule is CCNC(=NCC(=O)NC1CCCCC1)NCCCNC(=O)OC(C)(C)C.I. The molecule has 9 heteroatoms. The highest BCUT2D eigenvalue weighted by Gasteiger charge is 2.16. The molecule has 0 bridgehead atoms. The maximum atomic E-state index is 12.1. The molecule has 0 saturated heterocycles. The molecule has 0 aromatic rings. The monoisotopic (exact) mass is 511 g/mol. The largest absolute Gasteiger partial charge is 0.444 e. The van der Waals surface area contributed by atoms with E-state index in [1.54, 1.807) is 0 Å². The molecule has 1 saturated carbocycles. The first-order valence-electron chi connectivity index (χ1n) is 10.1. The van der Waals surface area contributed by atoms with Crippen molar-refractivity contribution < 1.29 is 14.3 Å². The molecule has 0 unspecified atom stereocenters. The Bertz CT molecular complexity index is 488. The molecule has 2 amide bonds. The molecule has 1 aliphatic carbocycles. The Morgan fingerprint density at radius 2 is 1.68 bits per heavy atom. The molecule has 1 rings (SSSR count). The Kier molecular flexibility index (Phi) is 14.0. The average Bonchev–Trinajstić information content (AvgIpc) is 2.58. The summed E-state index contributed by atoms with van der Waals surface area (Å²) in [5, 5.41) is 12.1. The van der Waals surface area contributed by atoms with Gasteiger partial charge in [-0.05, 0) is 47.0 Å². The lowest BCUT2D eigenvalue weighted by molar-refractivity contribution is -0.120. The summed E-state index contributed by atoms with van der Waals surface area (Å²) in [6, 6.07) is 0.302. The topological polar surface area (TPSA) is 104 Å². The number of carbonyl (C=O) groups is 2. The summed E-state index contributed by atoms with van der Waals surface area (Å²) in [5.41, 5.74) is -0.495. The van der Waals surface area contributed by atoms with Gasteiger partial charge in [-0.3, -0.25) is 4.79 Å². The van der Waals surface area contributed by atoms with E-state index < -0.39 is 11.7 Å². The molecular weight excluding hydrogens is 473 g/mol. The van der Waals surface area contributed by atoms with Crippen molar-refractivity contribution in [2.75, 3.05) is 26.2 Å². The Hall–Kier alpha value is -1.26. The normalized spacial score (nSPS) is 15.2. The number of ether oxygens (including phenoxy) is 1. The number of alkyl carbamates (subject to hydrolysis) is 1. The van der Waals surface area contributed by atoms with Gasteiger partial charge >= 0.3 is 6.09 Å². The minimum atomic E-state index is -0.495. The van der Waals surface area contributed by atoms with Crippen molar-refractivity contribution in [2.45, 2.75) is 77.9 Å². The molecule has 1 fully saturated rings. The average molecular weight is 511 g/mol. The predicted molar refractivity (Wildman–Crippen MR) is 123 cm³/mol. The molecule has 0 radical (unpaired) electrons. The first-order chi connectivity index (χ1) is 12.8. The van der Waals surface area contributed by atoms with Crippen LogP contribution in [0.1, 0.15) is 66.2 Å². The van der Waals surface area contributed by atoms with Gasteiger partial charge in [0.1, 0.15) is 12.1 Å². The standard InChI is InChI=1S/C19H37N5O3.HI/c1-5-20-17(21-12-9-13-22-18(26)27-19(2,3)4)23-14-16(25)24-15-10-7-6-8-11-15;/h15H,5-14H2,1-4H3,(H,22,26)(H,24,25)(H2,20,21,23);1H. The summed E-state index contributed by atoms with van der Waals surface area (Å²) in [6.07, 6.45) is 6.09. The van der Waals surface area contributed by atoms with Gasteiger partial charge in [-0.25, -0.2) is 9.79 Å². The number of aliphatic imine (C=N–C) groups is 1. The molecule has 4 N–H and O–H groups in total. The lowest BCUT2D eigenvalue weighted by Crippen LogP contribution is -2.41. The van der Waals surface area contributed by atoms with Crippen LogP contribution in [0.5, 0.6) is 0 Å². The molecule has 8 nitrogen and oxygen atoms in total. The van der Waals surface area contributed by atoms with Crippen molar-refractivity contribution in [3.05, 3.63) is 0 Å². The third-order valence-electron chi connectivity index (χ3n) is 4.01. The lowest BCUT2D eigenvalue weighted by Gasteiger charge is -2.22. The fourth-order valence-corrected chi connectivity index (χ4v) is 2.81. The fourth-order valence-electron chi connectivity index (χ4n) is 2.81. The van der Waals surface area contributed by atoms with Crippen LogP contribution in [-0.2, 0) is 9.53 Å². The number of hydrogen-bond acceptors (Lipinski definition) is 4. The second-order valence-electron chi connectivity index (χ2n) is 7.81. The van der Waals surface area contributed by atoms with Crippen LogP contribution in [-0.4, -0.2) is 55.8 Å². The Morgan fingerprint density at radius 3 is 2.29 bits per heavy atom.